The zero-order valence-corrected chi connectivity index (χ0v) is 13.8. The lowest BCUT2D eigenvalue weighted by atomic mass is 10.1. The van der Waals surface area contributed by atoms with Gasteiger partial charge in [0, 0.05) is 6.54 Å². The van der Waals surface area contributed by atoms with Gasteiger partial charge in [0.05, 0.1) is 16.5 Å². The number of likely N-dealkylation sites (tertiary alicyclic amines) is 1. The number of amides is 1. The van der Waals surface area contributed by atoms with Crippen LogP contribution in [-0.4, -0.2) is 29.4 Å². The highest BCUT2D eigenvalue weighted by Crippen LogP contribution is 2.23. The number of rotatable bonds is 4. The average Bonchev–Trinajstić information content (AvgIpc) is 3.31. The van der Waals surface area contributed by atoms with Crippen molar-refractivity contribution in [2.75, 3.05) is 6.54 Å². The minimum Gasteiger partial charge on any atom is -0.459 e. The number of hydrogen-bond donors (Lipinski definition) is 0. The van der Waals surface area contributed by atoms with Crippen LogP contribution in [0.5, 0.6) is 0 Å². The van der Waals surface area contributed by atoms with E-state index in [0.29, 0.717) is 23.4 Å². The second kappa shape index (κ2) is 7.28. The third kappa shape index (κ3) is 3.47. The third-order valence-electron chi connectivity index (χ3n) is 3.98. The molecule has 2 aromatic rings. The molecule has 1 saturated heterocycles. The van der Waals surface area contributed by atoms with Crippen LogP contribution in [0, 0.1) is 11.3 Å². The molecule has 1 atom stereocenters. The van der Waals surface area contributed by atoms with E-state index in [-0.39, 0.29) is 18.5 Å². The standard InChI is InChI=1S/C18H16N2O3S/c19-11-13-5-7-14(8-6-13)12-23-18(22)15-3-1-9-20(15)17(21)16-4-2-10-24-16/h2,4-8,10,15H,1,3,9,12H2. The first-order valence-corrected chi connectivity index (χ1v) is 8.57. The van der Waals surface area contributed by atoms with Crippen molar-refractivity contribution in [1.29, 1.82) is 5.26 Å². The Hall–Kier alpha value is -2.65. The predicted molar refractivity (Wildman–Crippen MR) is 89.3 cm³/mol. The number of ether oxygens (including phenoxy) is 1. The van der Waals surface area contributed by atoms with Crippen LogP contribution in [0.4, 0.5) is 0 Å². The number of thiophene rings is 1. The number of esters is 1. The molecule has 0 saturated carbocycles. The average molecular weight is 340 g/mol. The summed E-state index contributed by atoms with van der Waals surface area (Å²) in [5.41, 5.74) is 1.38. The molecule has 0 spiro atoms. The number of benzene rings is 1. The van der Waals surface area contributed by atoms with Crippen LogP contribution in [0.3, 0.4) is 0 Å². The fourth-order valence-corrected chi connectivity index (χ4v) is 3.40. The van der Waals surface area contributed by atoms with Crippen LogP contribution in [0.15, 0.2) is 41.8 Å². The first-order chi connectivity index (χ1) is 11.7. The largest absolute Gasteiger partial charge is 0.459 e. The third-order valence-corrected chi connectivity index (χ3v) is 4.84. The van der Waals surface area contributed by atoms with Crippen LogP contribution in [-0.2, 0) is 16.1 Å². The Kier molecular flexibility index (Phi) is 4.92. The molecule has 1 fully saturated rings. The van der Waals surface area contributed by atoms with Gasteiger partial charge in [-0.05, 0) is 42.0 Å². The number of nitriles is 1. The lowest BCUT2D eigenvalue weighted by Gasteiger charge is -2.22. The number of carbonyl (C=O) groups excluding carboxylic acids is 2. The Morgan fingerprint density at radius 3 is 2.75 bits per heavy atom. The second-order valence-corrected chi connectivity index (χ2v) is 6.50. The number of carbonyl (C=O) groups is 2. The van der Waals surface area contributed by atoms with Gasteiger partial charge < -0.3 is 9.64 Å². The zero-order chi connectivity index (χ0) is 16.9. The van der Waals surface area contributed by atoms with Crippen molar-refractivity contribution in [3.8, 4) is 6.07 Å². The maximum absolute atomic E-state index is 12.5. The van der Waals surface area contributed by atoms with Gasteiger partial charge in [0.25, 0.3) is 5.91 Å². The van der Waals surface area contributed by atoms with Crippen molar-refractivity contribution in [3.05, 3.63) is 57.8 Å². The molecule has 1 aliphatic rings. The van der Waals surface area contributed by atoms with E-state index in [2.05, 4.69) is 0 Å². The molecule has 1 aromatic carbocycles. The number of nitrogens with zero attached hydrogens (tertiary/aromatic N) is 2. The van der Waals surface area contributed by atoms with Gasteiger partial charge in [0.1, 0.15) is 12.6 Å². The normalized spacial score (nSPS) is 16.6. The molecule has 1 aromatic heterocycles. The first-order valence-electron chi connectivity index (χ1n) is 7.69. The van der Waals surface area contributed by atoms with Crippen molar-refractivity contribution in [2.24, 2.45) is 0 Å². The number of hydrogen-bond acceptors (Lipinski definition) is 5. The maximum Gasteiger partial charge on any atom is 0.329 e. The summed E-state index contributed by atoms with van der Waals surface area (Å²) in [6.07, 6.45) is 1.43. The first kappa shape index (κ1) is 16.2. The van der Waals surface area contributed by atoms with Gasteiger partial charge in [-0.3, -0.25) is 4.79 Å². The van der Waals surface area contributed by atoms with Crippen LogP contribution in [0.1, 0.15) is 33.6 Å². The van der Waals surface area contributed by atoms with Crippen molar-refractivity contribution in [1.82, 2.24) is 4.90 Å². The molecule has 5 nitrogen and oxygen atoms in total. The molecule has 1 aliphatic heterocycles. The Bertz CT molecular complexity index is 763. The molecule has 2 heterocycles. The predicted octanol–water partition coefficient (Wildman–Crippen LogP) is 2.97. The summed E-state index contributed by atoms with van der Waals surface area (Å²) in [5.74, 6) is -0.482. The molecule has 24 heavy (non-hydrogen) atoms. The SMILES string of the molecule is N#Cc1ccc(COC(=O)C2CCCN2C(=O)c2cccs2)cc1. The Labute approximate surface area is 144 Å². The monoisotopic (exact) mass is 340 g/mol. The molecule has 0 bridgehead atoms. The van der Waals surface area contributed by atoms with Gasteiger partial charge in [0.2, 0.25) is 0 Å². The topological polar surface area (TPSA) is 70.4 Å². The summed E-state index contributed by atoms with van der Waals surface area (Å²) < 4.78 is 5.37. The molecule has 3 rings (SSSR count). The van der Waals surface area contributed by atoms with Crippen LogP contribution < -0.4 is 0 Å². The quantitative estimate of drug-likeness (QED) is 0.802. The molecular formula is C18H16N2O3S. The fraction of sp³-hybridized carbons (Fsp3) is 0.278. The van der Waals surface area contributed by atoms with E-state index in [0.717, 1.165) is 12.0 Å². The molecule has 0 aliphatic carbocycles. The summed E-state index contributed by atoms with van der Waals surface area (Å²) in [7, 11) is 0. The fourth-order valence-electron chi connectivity index (χ4n) is 2.72. The van der Waals surface area contributed by atoms with Crippen molar-refractivity contribution < 1.29 is 14.3 Å². The smallest absolute Gasteiger partial charge is 0.329 e. The molecule has 0 radical (unpaired) electrons. The van der Waals surface area contributed by atoms with E-state index in [4.69, 9.17) is 10.00 Å². The van der Waals surface area contributed by atoms with Gasteiger partial charge in [0.15, 0.2) is 0 Å². The van der Waals surface area contributed by atoms with Gasteiger partial charge in [-0.1, -0.05) is 18.2 Å². The van der Waals surface area contributed by atoms with E-state index in [1.54, 1.807) is 35.2 Å². The lowest BCUT2D eigenvalue weighted by molar-refractivity contribution is -0.149. The Morgan fingerprint density at radius 1 is 1.29 bits per heavy atom. The lowest BCUT2D eigenvalue weighted by Crippen LogP contribution is -2.41. The molecule has 6 heteroatoms. The highest BCUT2D eigenvalue weighted by atomic mass is 32.1. The van der Waals surface area contributed by atoms with E-state index in [1.165, 1.54) is 11.3 Å². The van der Waals surface area contributed by atoms with E-state index < -0.39 is 6.04 Å². The minimum absolute atomic E-state index is 0.108. The molecular weight excluding hydrogens is 324 g/mol. The van der Waals surface area contributed by atoms with Crippen LogP contribution >= 0.6 is 11.3 Å². The van der Waals surface area contributed by atoms with Gasteiger partial charge >= 0.3 is 5.97 Å². The molecule has 0 N–H and O–H groups in total. The highest BCUT2D eigenvalue weighted by molar-refractivity contribution is 7.12. The van der Waals surface area contributed by atoms with Gasteiger partial charge in [-0.25, -0.2) is 4.79 Å². The summed E-state index contributed by atoms with van der Waals surface area (Å²) in [6.45, 7) is 0.718. The summed E-state index contributed by atoms with van der Waals surface area (Å²) in [6, 6.07) is 12.0. The molecule has 122 valence electrons. The molecule has 1 unspecified atom stereocenters. The maximum atomic E-state index is 12.5. The second-order valence-electron chi connectivity index (χ2n) is 5.55. The van der Waals surface area contributed by atoms with E-state index in [9.17, 15) is 9.59 Å². The Morgan fingerprint density at radius 2 is 2.08 bits per heavy atom. The zero-order valence-electron chi connectivity index (χ0n) is 13.0. The van der Waals surface area contributed by atoms with Crippen LogP contribution in [0.25, 0.3) is 0 Å². The van der Waals surface area contributed by atoms with Gasteiger partial charge in [-0.2, -0.15) is 5.26 Å². The van der Waals surface area contributed by atoms with Crippen molar-refractivity contribution in [3.63, 3.8) is 0 Å². The van der Waals surface area contributed by atoms with E-state index >= 15 is 0 Å². The minimum atomic E-state index is -0.516. The van der Waals surface area contributed by atoms with Gasteiger partial charge in [-0.15, -0.1) is 11.3 Å². The summed E-state index contributed by atoms with van der Waals surface area (Å²) in [5, 5.41) is 10.6. The van der Waals surface area contributed by atoms with Crippen molar-refractivity contribution in [2.45, 2.75) is 25.5 Å². The van der Waals surface area contributed by atoms with Crippen LogP contribution in [0.2, 0.25) is 0 Å². The summed E-state index contributed by atoms with van der Waals surface area (Å²) >= 11 is 1.38. The Balaban J connectivity index is 1.61. The van der Waals surface area contributed by atoms with E-state index in [1.807, 2.05) is 17.5 Å². The highest BCUT2D eigenvalue weighted by Gasteiger charge is 2.35. The molecule has 1 amide bonds. The van der Waals surface area contributed by atoms with Crippen molar-refractivity contribution >= 4 is 23.2 Å². The summed E-state index contributed by atoms with van der Waals surface area (Å²) in [4.78, 5) is 27.1.